The van der Waals surface area contributed by atoms with E-state index in [-0.39, 0.29) is 0 Å². The highest BCUT2D eigenvalue weighted by Gasteiger charge is 2.03. The number of aromatic nitrogens is 1. The zero-order valence-electron chi connectivity index (χ0n) is 9.83. The Hall–Kier alpha value is -1.25. The summed E-state index contributed by atoms with van der Waals surface area (Å²) in [5, 5.41) is 3.41. The van der Waals surface area contributed by atoms with Gasteiger partial charge in [-0.25, -0.2) is 4.98 Å². The number of nitrogens with one attached hydrogen (secondary N) is 1. The van der Waals surface area contributed by atoms with Crippen LogP contribution >= 0.6 is 0 Å². The first-order chi connectivity index (χ1) is 7.08. The van der Waals surface area contributed by atoms with Gasteiger partial charge in [0.05, 0.1) is 11.9 Å². The van der Waals surface area contributed by atoms with Gasteiger partial charge in [0.1, 0.15) is 5.82 Å². The molecule has 0 saturated carbocycles. The summed E-state index contributed by atoms with van der Waals surface area (Å²) in [5.41, 5.74) is 6.56. The van der Waals surface area contributed by atoms with Gasteiger partial charge in [0.15, 0.2) is 0 Å². The summed E-state index contributed by atoms with van der Waals surface area (Å²) >= 11 is 0. The lowest BCUT2D eigenvalue weighted by atomic mass is 10.0. The van der Waals surface area contributed by atoms with Crippen molar-refractivity contribution in [2.24, 2.45) is 5.92 Å². The van der Waals surface area contributed by atoms with Crippen molar-refractivity contribution >= 4 is 11.5 Å². The van der Waals surface area contributed by atoms with Crippen molar-refractivity contribution in [2.75, 3.05) is 11.1 Å². The Bertz CT molecular complexity index is 279. The maximum atomic E-state index is 5.52. The molecule has 0 amide bonds. The fraction of sp³-hybridized carbons (Fsp3) is 0.583. The Morgan fingerprint density at radius 1 is 1.27 bits per heavy atom. The second kappa shape index (κ2) is 5.59. The van der Waals surface area contributed by atoms with E-state index in [1.54, 1.807) is 6.20 Å². The van der Waals surface area contributed by atoms with Gasteiger partial charge in [0, 0.05) is 6.04 Å². The van der Waals surface area contributed by atoms with E-state index in [2.05, 4.69) is 31.1 Å². The molecule has 0 aliphatic carbocycles. The van der Waals surface area contributed by atoms with Crippen LogP contribution in [-0.4, -0.2) is 11.0 Å². The molecule has 15 heavy (non-hydrogen) atoms. The van der Waals surface area contributed by atoms with Gasteiger partial charge in [-0.2, -0.15) is 0 Å². The Balaban J connectivity index is 2.37. The molecule has 0 fully saturated rings. The first-order valence-corrected chi connectivity index (χ1v) is 5.56. The number of rotatable bonds is 5. The summed E-state index contributed by atoms with van der Waals surface area (Å²) < 4.78 is 0. The molecule has 1 aromatic rings. The monoisotopic (exact) mass is 207 g/mol. The zero-order chi connectivity index (χ0) is 11.3. The summed E-state index contributed by atoms with van der Waals surface area (Å²) in [5.74, 6) is 1.33. The molecule has 0 aromatic carbocycles. The van der Waals surface area contributed by atoms with E-state index in [4.69, 9.17) is 5.73 Å². The van der Waals surface area contributed by atoms with Crippen LogP contribution in [0.5, 0.6) is 0 Å². The van der Waals surface area contributed by atoms with Gasteiger partial charge in [0.2, 0.25) is 0 Å². The average molecular weight is 207 g/mol. The van der Waals surface area contributed by atoms with Crippen molar-refractivity contribution in [3.8, 4) is 0 Å². The van der Waals surface area contributed by atoms with Crippen LogP contribution in [0, 0.1) is 5.92 Å². The molecule has 0 radical (unpaired) electrons. The highest BCUT2D eigenvalue weighted by Crippen LogP contribution is 2.13. The number of anilines is 2. The van der Waals surface area contributed by atoms with Crippen LogP contribution in [0.1, 0.15) is 33.6 Å². The van der Waals surface area contributed by atoms with E-state index in [0.717, 1.165) is 11.6 Å². The van der Waals surface area contributed by atoms with E-state index in [0.29, 0.717) is 11.9 Å². The number of nitrogens with zero attached hydrogens (tertiary/aromatic N) is 1. The van der Waals surface area contributed by atoms with Crippen LogP contribution in [0.3, 0.4) is 0 Å². The molecule has 1 rings (SSSR count). The van der Waals surface area contributed by atoms with E-state index in [1.807, 2.05) is 12.1 Å². The van der Waals surface area contributed by atoms with Crippen molar-refractivity contribution in [3.05, 3.63) is 18.3 Å². The molecule has 0 bridgehead atoms. The minimum Gasteiger partial charge on any atom is -0.384 e. The number of pyridine rings is 1. The van der Waals surface area contributed by atoms with E-state index >= 15 is 0 Å². The SMILES string of the molecule is CC(C)CCC(C)Nc1ccc(N)nc1. The summed E-state index contributed by atoms with van der Waals surface area (Å²) in [6.07, 6.45) is 4.21. The Kier molecular flexibility index (Phi) is 4.40. The molecule has 84 valence electrons. The van der Waals surface area contributed by atoms with Crippen molar-refractivity contribution < 1.29 is 0 Å². The van der Waals surface area contributed by atoms with Crippen molar-refractivity contribution in [1.82, 2.24) is 4.98 Å². The molecule has 0 spiro atoms. The second-order valence-corrected chi connectivity index (χ2v) is 4.49. The summed E-state index contributed by atoms with van der Waals surface area (Å²) in [6, 6.07) is 4.27. The topological polar surface area (TPSA) is 50.9 Å². The van der Waals surface area contributed by atoms with E-state index < -0.39 is 0 Å². The normalized spacial score (nSPS) is 12.8. The minimum atomic E-state index is 0.484. The number of hydrogen-bond acceptors (Lipinski definition) is 3. The third kappa shape index (κ3) is 4.68. The van der Waals surface area contributed by atoms with Gasteiger partial charge in [-0.05, 0) is 37.8 Å². The minimum absolute atomic E-state index is 0.484. The summed E-state index contributed by atoms with van der Waals surface area (Å²) in [6.45, 7) is 6.69. The lowest BCUT2D eigenvalue weighted by molar-refractivity contribution is 0.527. The molecule has 1 unspecified atom stereocenters. The summed E-state index contributed by atoms with van der Waals surface area (Å²) in [7, 11) is 0. The van der Waals surface area contributed by atoms with Crippen LogP contribution in [0.15, 0.2) is 18.3 Å². The Labute approximate surface area is 92.1 Å². The quantitative estimate of drug-likeness (QED) is 0.780. The van der Waals surface area contributed by atoms with Crippen LogP contribution < -0.4 is 11.1 Å². The van der Waals surface area contributed by atoms with Gasteiger partial charge in [0.25, 0.3) is 0 Å². The fourth-order valence-corrected chi connectivity index (χ4v) is 1.43. The number of nitrogen functional groups attached to an aromatic ring is 1. The molecule has 3 nitrogen and oxygen atoms in total. The van der Waals surface area contributed by atoms with Crippen LogP contribution in [-0.2, 0) is 0 Å². The standard InChI is InChI=1S/C12H21N3/c1-9(2)4-5-10(3)15-11-6-7-12(13)14-8-11/h6-10,15H,4-5H2,1-3H3,(H2,13,14). The smallest absolute Gasteiger partial charge is 0.123 e. The zero-order valence-corrected chi connectivity index (χ0v) is 9.83. The lowest BCUT2D eigenvalue weighted by Gasteiger charge is -2.16. The Morgan fingerprint density at radius 2 is 2.00 bits per heavy atom. The van der Waals surface area contributed by atoms with Gasteiger partial charge in [-0.1, -0.05) is 13.8 Å². The first-order valence-electron chi connectivity index (χ1n) is 5.56. The highest BCUT2D eigenvalue weighted by molar-refractivity contribution is 5.45. The van der Waals surface area contributed by atoms with E-state index in [9.17, 15) is 0 Å². The van der Waals surface area contributed by atoms with Crippen LogP contribution in [0.2, 0.25) is 0 Å². The predicted molar refractivity (Wildman–Crippen MR) is 65.8 cm³/mol. The molecular formula is C12H21N3. The molecular weight excluding hydrogens is 186 g/mol. The van der Waals surface area contributed by atoms with Gasteiger partial charge >= 0.3 is 0 Å². The molecule has 0 aliphatic rings. The predicted octanol–water partition coefficient (Wildman–Crippen LogP) is 2.90. The first kappa shape index (κ1) is 11.8. The van der Waals surface area contributed by atoms with Crippen molar-refractivity contribution in [2.45, 2.75) is 39.7 Å². The van der Waals surface area contributed by atoms with Crippen molar-refractivity contribution in [1.29, 1.82) is 0 Å². The van der Waals surface area contributed by atoms with Gasteiger partial charge in [-0.3, -0.25) is 0 Å². The average Bonchev–Trinajstić information content (AvgIpc) is 2.19. The maximum Gasteiger partial charge on any atom is 0.123 e. The van der Waals surface area contributed by atoms with Gasteiger partial charge in [-0.15, -0.1) is 0 Å². The Morgan fingerprint density at radius 3 is 2.53 bits per heavy atom. The molecule has 1 aromatic heterocycles. The third-order valence-corrected chi connectivity index (χ3v) is 2.38. The lowest BCUT2D eigenvalue weighted by Crippen LogP contribution is -2.15. The highest BCUT2D eigenvalue weighted by atomic mass is 14.9. The number of hydrogen-bond donors (Lipinski definition) is 2. The van der Waals surface area contributed by atoms with Crippen LogP contribution in [0.4, 0.5) is 11.5 Å². The second-order valence-electron chi connectivity index (χ2n) is 4.49. The molecule has 1 atom stereocenters. The largest absolute Gasteiger partial charge is 0.384 e. The third-order valence-electron chi connectivity index (χ3n) is 2.38. The van der Waals surface area contributed by atoms with E-state index in [1.165, 1.54) is 12.8 Å². The fourth-order valence-electron chi connectivity index (χ4n) is 1.43. The molecule has 3 heteroatoms. The molecule has 1 heterocycles. The maximum absolute atomic E-state index is 5.52. The summed E-state index contributed by atoms with van der Waals surface area (Å²) in [4.78, 5) is 4.04. The molecule has 3 N–H and O–H groups in total. The molecule has 0 aliphatic heterocycles. The van der Waals surface area contributed by atoms with Crippen LogP contribution in [0.25, 0.3) is 0 Å². The van der Waals surface area contributed by atoms with Crippen molar-refractivity contribution in [3.63, 3.8) is 0 Å². The number of nitrogens with two attached hydrogens (primary N) is 1. The molecule has 0 saturated heterocycles. The van der Waals surface area contributed by atoms with Gasteiger partial charge < -0.3 is 11.1 Å².